The predicted molar refractivity (Wildman–Crippen MR) is 62.6 cm³/mol. The Labute approximate surface area is 91.9 Å². The molecule has 0 heterocycles. The molecule has 0 aliphatic heterocycles. The number of hydrogen-bond donors (Lipinski definition) is 0. The van der Waals surface area contributed by atoms with E-state index in [2.05, 4.69) is 25.8 Å². The molecular formula is C13H20FN. The van der Waals surface area contributed by atoms with E-state index in [4.69, 9.17) is 0 Å². The lowest BCUT2D eigenvalue weighted by Gasteiger charge is -2.17. The van der Waals surface area contributed by atoms with Gasteiger partial charge in [-0.15, -0.1) is 0 Å². The van der Waals surface area contributed by atoms with E-state index in [0.29, 0.717) is 5.92 Å². The molecule has 0 fully saturated rings. The van der Waals surface area contributed by atoms with Crippen molar-refractivity contribution >= 4 is 0 Å². The standard InChI is InChI=1S/C13H20FN/c1-4-15(3)10-9-11(2)12-5-7-13(14)8-6-12/h5-8,11H,4,9-10H2,1-3H3. The van der Waals surface area contributed by atoms with Crippen LogP contribution in [0.3, 0.4) is 0 Å². The van der Waals surface area contributed by atoms with Crippen molar-refractivity contribution in [3.05, 3.63) is 35.6 Å². The van der Waals surface area contributed by atoms with Crippen LogP contribution >= 0.6 is 0 Å². The Morgan fingerprint density at radius 1 is 1.27 bits per heavy atom. The Morgan fingerprint density at radius 2 is 1.87 bits per heavy atom. The molecule has 1 unspecified atom stereocenters. The van der Waals surface area contributed by atoms with E-state index in [-0.39, 0.29) is 5.82 Å². The zero-order valence-corrected chi connectivity index (χ0v) is 9.83. The zero-order chi connectivity index (χ0) is 11.3. The van der Waals surface area contributed by atoms with E-state index >= 15 is 0 Å². The van der Waals surface area contributed by atoms with Crippen LogP contribution in [0.25, 0.3) is 0 Å². The maximum Gasteiger partial charge on any atom is 0.123 e. The smallest absolute Gasteiger partial charge is 0.123 e. The number of benzene rings is 1. The molecule has 0 spiro atoms. The second-order valence-electron chi connectivity index (χ2n) is 4.14. The van der Waals surface area contributed by atoms with Crippen molar-refractivity contribution in [2.45, 2.75) is 26.2 Å². The molecule has 0 saturated carbocycles. The lowest BCUT2D eigenvalue weighted by molar-refractivity contribution is 0.337. The van der Waals surface area contributed by atoms with Crippen LogP contribution in [-0.2, 0) is 0 Å². The van der Waals surface area contributed by atoms with E-state index in [9.17, 15) is 4.39 Å². The largest absolute Gasteiger partial charge is 0.307 e. The van der Waals surface area contributed by atoms with Crippen molar-refractivity contribution in [2.24, 2.45) is 0 Å². The summed E-state index contributed by atoms with van der Waals surface area (Å²) in [6, 6.07) is 6.84. The van der Waals surface area contributed by atoms with Crippen LogP contribution in [0.15, 0.2) is 24.3 Å². The highest BCUT2D eigenvalue weighted by Gasteiger charge is 2.06. The number of halogens is 1. The summed E-state index contributed by atoms with van der Waals surface area (Å²) in [5, 5.41) is 0. The Kier molecular flexibility index (Phi) is 4.76. The van der Waals surface area contributed by atoms with Gasteiger partial charge in [-0.1, -0.05) is 26.0 Å². The molecule has 0 amide bonds. The summed E-state index contributed by atoms with van der Waals surface area (Å²) < 4.78 is 12.7. The predicted octanol–water partition coefficient (Wildman–Crippen LogP) is 3.27. The molecule has 84 valence electrons. The molecule has 0 saturated heterocycles. The van der Waals surface area contributed by atoms with Gasteiger partial charge in [-0.05, 0) is 50.2 Å². The quantitative estimate of drug-likeness (QED) is 0.719. The van der Waals surface area contributed by atoms with Crippen LogP contribution in [0.1, 0.15) is 31.7 Å². The maximum atomic E-state index is 12.7. The van der Waals surface area contributed by atoms with E-state index < -0.39 is 0 Å². The normalized spacial score (nSPS) is 13.1. The van der Waals surface area contributed by atoms with Crippen molar-refractivity contribution in [1.29, 1.82) is 0 Å². The number of rotatable bonds is 5. The molecule has 2 heteroatoms. The Balaban J connectivity index is 2.46. The molecule has 0 aliphatic carbocycles. The van der Waals surface area contributed by atoms with E-state index in [1.165, 1.54) is 17.7 Å². The minimum absolute atomic E-state index is 0.156. The van der Waals surface area contributed by atoms with E-state index in [1.54, 1.807) is 0 Å². The monoisotopic (exact) mass is 209 g/mol. The van der Waals surface area contributed by atoms with Crippen LogP contribution in [0.2, 0.25) is 0 Å². The van der Waals surface area contributed by atoms with Gasteiger partial charge in [0, 0.05) is 0 Å². The fraction of sp³-hybridized carbons (Fsp3) is 0.538. The van der Waals surface area contributed by atoms with Crippen molar-refractivity contribution in [3.63, 3.8) is 0 Å². The van der Waals surface area contributed by atoms with Crippen LogP contribution in [0.5, 0.6) is 0 Å². The lowest BCUT2D eigenvalue weighted by Crippen LogP contribution is -2.20. The highest BCUT2D eigenvalue weighted by molar-refractivity contribution is 5.19. The van der Waals surface area contributed by atoms with Gasteiger partial charge in [-0.3, -0.25) is 0 Å². The van der Waals surface area contributed by atoms with Gasteiger partial charge in [0.15, 0.2) is 0 Å². The molecule has 0 aromatic heterocycles. The minimum Gasteiger partial charge on any atom is -0.307 e. The van der Waals surface area contributed by atoms with E-state index in [1.807, 2.05) is 12.1 Å². The first-order valence-electron chi connectivity index (χ1n) is 5.57. The van der Waals surface area contributed by atoms with E-state index in [0.717, 1.165) is 19.5 Å². The van der Waals surface area contributed by atoms with Crippen LogP contribution in [0, 0.1) is 5.82 Å². The Morgan fingerprint density at radius 3 is 2.40 bits per heavy atom. The lowest BCUT2D eigenvalue weighted by atomic mass is 9.98. The highest BCUT2D eigenvalue weighted by atomic mass is 19.1. The third-order valence-corrected chi connectivity index (χ3v) is 2.92. The molecule has 1 aromatic rings. The first kappa shape index (κ1) is 12.2. The van der Waals surface area contributed by atoms with Gasteiger partial charge in [0.25, 0.3) is 0 Å². The van der Waals surface area contributed by atoms with Gasteiger partial charge in [-0.25, -0.2) is 4.39 Å². The molecule has 0 N–H and O–H groups in total. The summed E-state index contributed by atoms with van der Waals surface area (Å²) in [7, 11) is 2.12. The molecule has 1 aromatic carbocycles. The first-order valence-corrected chi connectivity index (χ1v) is 5.57. The third-order valence-electron chi connectivity index (χ3n) is 2.92. The average molecular weight is 209 g/mol. The van der Waals surface area contributed by atoms with Crippen molar-refractivity contribution in [1.82, 2.24) is 4.90 Å². The second-order valence-corrected chi connectivity index (χ2v) is 4.14. The summed E-state index contributed by atoms with van der Waals surface area (Å²) in [6.45, 7) is 6.52. The van der Waals surface area contributed by atoms with Gasteiger partial charge in [0.2, 0.25) is 0 Å². The molecule has 15 heavy (non-hydrogen) atoms. The SMILES string of the molecule is CCN(C)CCC(C)c1ccc(F)cc1. The number of nitrogens with zero attached hydrogens (tertiary/aromatic N) is 1. The van der Waals surface area contributed by atoms with Gasteiger partial charge in [-0.2, -0.15) is 0 Å². The summed E-state index contributed by atoms with van der Waals surface area (Å²) >= 11 is 0. The van der Waals surface area contributed by atoms with Crippen LogP contribution in [0.4, 0.5) is 4.39 Å². The fourth-order valence-corrected chi connectivity index (χ4v) is 1.53. The molecule has 1 rings (SSSR count). The second kappa shape index (κ2) is 5.86. The van der Waals surface area contributed by atoms with Gasteiger partial charge in [0.05, 0.1) is 0 Å². The molecular weight excluding hydrogens is 189 g/mol. The maximum absolute atomic E-state index is 12.7. The molecule has 0 bridgehead atoms. The summed E-state index contributed by atoms with van der Waals surface area (Å²) in [4.78, 5) is 2.29. The van der Waals surface area contributed by atoms with Crippen molar-refractivity contribution < 1.29 is 4.39 Å². The average Bonchev–Trinajstić information content (AvgIpc) is 2.26. The Bertz CT molecular complexity index is 281. The Hall–Kier alpha value is -0.890. The van der Waals surface area contributed by atoms with Gasteiger partial charge in [0.1, 0.15) is 5.82 Å². The fourth-order valence-electron chi connectivity index (χ4n) is 1.53. The third kappa shape index (κ3) is 4.00. The summed E-state index contributed by atoms with van der Waals surface area (Å²) in [5.74, 6) is 0.344. The van der Waals surface area contributed by atoms with Crippen LogP contribution in [-0.4, -0.2) is 25.0 Å². The molecule has 1 atom stereocenters. The highest BCUT2D eigenvalue weighted by Crippen LogP contribution is 2.19. The van der Waals surface area contributed by atoms with Crippen LogP contribution < -0.4 is 0 Å². The number of hydrogen-bond acceptors (Lipinski definition) is 1. The van der Waals surface area contributed by atoms with Gasteiger partial charge < -0.3 is 4.90 Å². The van der Waals surface area contributed by atoms with Gasteiger partial charge >= 0.3 is 0 Å². The zero-order valence-electron chi connectivity index (χ0n) is 9.83. The summed E-state index contributed by atoms with van der Waals surface area (Å²) in [5.41, 5.74) is 1.22. The van der Waals surface area contributed by atoms with Crippen molar-refractivity contribution in [2.75, 3.05) is 20.1 Å². The molecule has 0 aliphatic rings. The minimum atomic E-state index is -0.156. The first-order chi connectivity index (χ1) is 7.13. The topological polar surface area (TPSA) is 3.24 Å². The molecule has 0 radical (unpaired) electrons. The molecule has 1 nitrogen and oxygen atoms in total. The summed E-state index contributed by atoms with van der Waals surface area (Å²) in [6.07, 6.45) is 1.12. The van der Waals surface area contributed by atoms with Crippen molar-refractivity contribution in [3.8, 4) is 0 Å².